The van der Waals surface area contributed by atoms with Gasteiger partial charge in [-0.1, -0.05) is 32.4 Å². The Balaban J connectivity index is 2.37. The fourth-order valence-electron chi connectivity index (χ4n) is 2.91. The Morgan fingerprint density at radius 1 is 1.48 bits per heavy atom. The Labute approximate surface area is 146 Å². The third kappa shape index (κ3) is 2.52. The summed E-state index contributed by atoms with van der Waals surface area (Å²) in [4.78, 5) is 23.8. The van der Waals surface area contributed by atoms with Crippen molar-refractivity contribution in [3.8, 4) is 11.4 Å². The van der Waals surface area contributed by atoms with E-state index in [0.29, 0.717) is 27.6 Å². The van der Waals surface area contributed by atoms with E-state index in [1.54, 1.807) is 4.68 Å². The lowest BCUT2D eigenvalue weighted by Crippen LogP contribution is -2.36. The van der Waals surface area contributed by atoms with Gasteiger partial charge in [-0.05, 0) is 21.3 Å². The third-order valence-electron chi connectivity index (χ3n) is 4.12. The maximum atomic E-state index is 12.2. The minimum Gasteiger partial charge on any atom is -0.365 e. The number of nitrogens with two attached hydrogens (primary N) is 1. The van der Waals surface area contributed by atoms with Crippen LogP contribution in [0.3, 0.4) is 0 Å². The molecule has 0 saturated carbocycles. The SMILES string of the molecule is CC(C)(C)[C@@H]1Cn2nc(Br)c(Cl)c2-c2cc(=O)c(C(N)=O)cn21. The van der Waals surface area contributed by atoms with E-state index in [-0.39, 0.29) is 17.0 Å². The lowest BCUT2D eigenvalue weighted by molar-refractivity contribution is 0.0997. The van der Waals surface area contributed by atoms with Gasteiger partial charge in [-0.25, -0.2) is 0 Å². The van der Waals surface area contributed by atoms with E-state index in [9.17, 15) is 9.59 Å². The van der Waals surface area contributed by atoms with Gasteiger partial charge in [-0.15, -0.1) is 0 Å². The number of carbonyl (C=O) groups excluding carboxylic acids is 1. The average Bonchev–Trinajstić information content (AvgIpc) is 2.71. The standard InChI is InChI=1S/C15H16BrClN4O2/c1-15(2,3)10-6-21-12(11(17)13(16)19-21)8-4-9(22)7(14(18)23)5-20(8)10/h4-5,10H,6H2,1-3H3,(H2,18,23)/t10-/m0/s1. The van der Waals surface area contributed by atoms with Crippen LogP contribution < -0.4 is 11.2 Å². The molecule has 0 fully saturated rings. The van der Waals surface area contributed by atoms with Crippen molar-refractivity contribution >= 4 is 33.4 Å². The first-order valence-corrected chi connectivity index (χ1v) is 8.26. The highest BCUT2D eigenvalue weighted by Crippen LogP contribution is 2.43. The zero-order valence-electron chi connectivity index (χ0n) is 12.9. The van der Waals surface area contributed by atoms with Gasteiger partial charge >= 0.3 is 0 Å². The maximum absolute atomic E-state index is 12.2. The van der Waals surface area contributed by atoms with Gasteiger partial charge in [0.1, 0.15) is 20.9 Å². The lowest BCUT2D eigenvalue weighted by atomic mass is 9.85. The average molecular weight is 400 g/mol. The summed E-state index contributed by atoms with van der Waals surface area (Å²) in [6, 6.07) is 1.40. The number of aromatic nitrogens is 3. The molecule has 3 rings (SSSR count). The molecular formula is C15H16BrClN4O2. The van der Waals surface area contributed by atoms with E-state index < -0.39 is 11.3 Å². The second-order valence-corrected chi connectivity index (χ2v) is 7.85. The Morgan fingerprint density at radius 3 is 2.70 bits per heavy atom. The fraction of sp³-hybridized carbons (Fsp3) is 0.400. The predicted molar refractivity (Wildman–Crippen MR) is 91.6 cm³/mol. The number of pyridine rings is 1. The number of hydrogen-bond acceptors (Lipinski definition) is 3. The first-order chi connectivity index (χ1) is 10.6. The van der Waals surface area contributed by atoms with Crippen LogP contribution in [0.1, 0.15) is 37.2 Å². The van der Waals surface area contributed by atoms with Crippen LogP contribution in [0.25, 0.3) is 11.4 Å². The zero-order valence-corrected chi connectivity index (χ0v) is 15.3. The number of fused-ring (bicyclic) bond motifs is 3. The molecule has 2 aromatic rings. The molecule has 23 heavy (non-hydrogen) atoms. The van der Waals surface area contributed by atoms with Gasteiger partial charge in [-0.3, -0.25) is 14.3 Å². The molecule has 0 radical (unpaired) electrons. The molecule has 0 spiro atoms. The first-order valence-electron chi connectivity index (χ1n) is 7.09. The molecule has 0 aromatic carbocycles. The van der Waals surface area contributed by atoms with Gasteiger partial charge in [0.15, 0.2) is 5.43 Å². The summed E-state index contributed by atoms with van der Waals surface area (Å²) >= 11 is 9.66. The number of rotatable bonds is 1. The van der Waals surface area contributed by atoms with Crippen LogP contribution in [-0.2, 0) is 6.54 Å². The van der Waals surface area contributed by atoms with Crippen molar-refractivity contribution in [3.05, 3.63) is 37.7 Å². The molecule has 2 aromatic heterocycles. The van der Waals surface area contributed by atoms with Crippen molar-refractivity contribution < 1.29 is 4.79 Å². The number of carbonyl (C=O) groups is 1. The van der Waals surface area contributed by atoms with Crippen LogP contribution in [0.5, 0.6) is 0 Å². The minimum absolute atomic E-state index is 0.00781. The molecule has 0 unspecified atom stereocenters. The Morgan fingerprint density at radius 2 is 2.13 bits per heavy atom. The van der Waals surface area contributed by atoms with E-state index in [4.69, 9.17) is 17.3 Å². The smallest absolute Gasteiger partial charge is 0.254 e. The highest BCUT2D eigenvalue weighted by molar-refractivity contribution is 9.10. The molecule has 1 atom stereocenters. The van der Waals surface area contributed by atoms with Crippen molar-refractivity contribution in [2.24, 2.45) is 11.1 Å². The molecule has 0 aliphatic carbocycles. The van der Waals surface area contributed by atoms with E-state index in [0.717, 1.165) is 0 Å². The quantitative estimate of drug-likeness (QED) is 0.800. The Hall–Kier alpha value is -1.60. The van der Waals surface area contributed by atoms with Gasteiger partial charge in [0.05, 0.1) is 18.3 Å². The number of primary amides is 1. The summed E-state index contributed by atoms with van der Waals surface area (Å²) in [5, 5.41) is 4.84. The summed E-state index contributed by atoms with van der Waals surface area (Å²) in [5.74, 6) is -0.732. The van der Waals surface area contributed by atoms with Crippen LogP contribution in [0, 0.1) is 5.41 Å². The molecule has 8 heteroatoms. The molecule has 1 aliphatic heterocycles. The van der Waals surface area contributed by atoms with Gasteiger partial charge in [0.25, 0.3) is 5.91 Å². The molecule has 6 nitrogen and oxygen atoms in total. The minimum atomic E-state index is -0.732. The summed E-state index contributed by atoms with van der Waals surface area (Å²) in [6.45, 7) is 6.86. The van der Waals surface area contributed by atoms with Crippen LogP contribution in [-0.4, -0.2) is 20.3 Å². The van der Waals surface area contributed by atoms with E-state index in [1.165, 1.54) is 12.3 Å². The van der Waals surface area contributed by atoms with E-state index in [2.05, 4.69) is 41.8 Å². The molecule has 1 aliphatic rings. The highest BCUT2D eigenvalue weighted by Gasteiger charge is 2.35. The van der Waals surface area contributed by atoms with Crippen molar-refractivity contribution in [2.45, 2.75) is 33.4 Å². The Kier molecular flexibility index (Phi) is 3.68. The lowest BCUT2D eigenvalue weighted by Gasteiger charge is -2.38. The molecule has 2 N–H and O–H groups in total. The molecule has 1 amide bonds. The van der Waals surface area contributed by atoms with Crippen LogP contribution in [0.15, 0.2) is 21.7 Å². The molecule has 0 saturated heterocycles. The normalized spacial score (nSPS) is 16.8. The second kappa shape index (κ2) is 5.21. The summed E-state index contributed by atoms with van der Waals surface area (Å²) < 4.78 is 4.24. The largest absolute Gasteiger partial charge is 0.365 e. The van der Waals surface area contributed by atoms with Crippen molar-refractivity contribution in [3.63, 3.8) is 0 Å². The molecule has 122 valence electrons. The number of halogens is 2. The van der Waals surface area contributed by atoms with E-state index >= 15 is 0 Å². The van der Waals surface area contributed by atoms with Crippen LogP contribution >= 0.6 is 27.5 Å². The van der Waals surface area contributed by atoms with Gasteiger partial charge in [0.2, 0.25) is 0 Å². The number of hydrogen-bond donors (Lipinski definition) is 1. The zero-order chi connectivity index (χ0) is 17.1. The van der Waals surface area contributed by atoms with Crippen LogP contribution in [0.4, 0.5) is 0 Å². The third-order valence-corrected chi connectivity index (χ3v) is 5.27. The van der Waals surface area contributed by atoms with Crippen molar-refractivity contribution in [1.29, 1.82) is 0 Å². The first kappa shape index (κ1) is 16.3. The topological polar surface area (TPSA) is 82.9 Å². The van der Waals surface area contributed by atoms with E-state index in [1.807, 2.05) is 4.57 Å². The molecule has 3 heterocycles. The highest BCUT2D eigenvalue weighted by atomic mass is 79.9. The summed E-state index contributed by atoms with van der Waals surface area (Å²) in [5.41, 5.74) is 6.06. The van der Waals surface area contributed by atoms with Gasteiger partial charge in [0, 0.05) is 12.3 Å². The van der Waals surface area contributed by atoms with Crippen molar-refractivity contribution in [1.82, 2.24) is 14.3 Å². The summed E-state index contributed by atoms with van der Waals surface area (Å²) in [7, 11) is 0. The second-order valence-electron chi connectivity index (χ2n) is 6.73. The number of nitrogens with zero attached hydrogens (tertiary/aromatic N) is 3. The molecule has 0 bridgehead atoms. The predicted octanol–water partition coefficient (Wildman–Crippen LogP) is 2.83. The van der Waals surface area contributed by atoms with Gasteiger partial charge in [-0.2, -0.15) is 5.10 Å². The summed E-state index contributed by atoms with van der Waals surface area (Å²) in [6.07, 6.45) is 1.54. The van der Waals surface area contributed by atoms with Gasteiger partial charge < -0.3 is 10.3 Å². The number of amides is 1. The monoisotopic (exact) mass is 398 g/mol. The van der Waals surface area contributed by atoms with Crippen molar-refractivity contribution in [2.75, 3.05) is 0 Å². The van der Waals surface area contributed by atoms with Crippen LogP contribution in [0.2, 0.25) is 5.02 Å². The fourth-order valence-corrected chi connectivity index (χ4v) is 3.52. The maximum Gasteiger partial charge on any atom is 0.254 e. The Bertz CT molecular complexity index is 879. The molecular weight excluding hydrogens is 384 g/mol.